The molecule has 0 atom stereocenters. The van der Waals surface area contributed by atoms with Gasteiger partial charge in [0.25, 0.3) is 0 Å². The van der Waals surface area contributed by atoms with Crippen molar-refractivity contribution in [2.45, 2.75) is 15.2 Å². The number of fused-ring (bicyclic) bond motifs is 12. The molecule has 0 saturated heterocycles. The first kappa shape index (κ1) is 28.7. The van der Waals surface area contributed by atoms with Crippen LogP contribution in [0.2, 0.25) is 0 Å². The monoisotopic (exact) mass is 665 g/mol. The standard InChI is InChI=1S/C49H31NS/c50-31-27-28-40-39(29-31)48-38(21-12-24-43(48)49(40)41-22-7-9-25-44(41)51-45-26-10-8-23-42(45)49)47-36-18-5-3-16-34(36)46(35-17-4-6-19-37(35)47)33-20-11-14-30-13-1-2-15-32(30)33/h1-29H,50H2. The van der Waals surface area contributed by atoms with Gasteiger partial charge in [0.1, 0.15) is 0 Å². The lowest BCUT2D eigenvalue weighted by molar-refractivity contribution is 0.722. The highest BCUT2D eigenvalue weighted by molar-refractivity contribution is 7.99. The molecule has 1 aliphatic carbocycles. The Kier molecular flexibility index (Phi) is 6.03. The van der Waals surface area contributed by atoms with Gasteiger partial charge in [-0.15, -0.1) is 0 Å². The maximum absolute atomic E-state index is 6.69. The molecule has 1 aliphatic heterocycles. The van der Waals surface area contributed by atoms with Crippen LogP contribution < -0.4 is 5.73 Å². The van der Waals surface area contributed by atoms with E-state index in [1.165, 1.54) is 97.7 Å². The first-order valence-corrected chi connectivity index (χ1v) is 18.4. The summed E-state index contributed by atoms with van der Waals surface area (Å²) in [5.74, 6) is 0. The van der Waals surface area contributed by atoms with E-state index >= 15 is 0 Å². The highest BCUT2D eigenvalue weighted by Crippen LogP contribution is 2.64. The number of anilines is 1. The molecule has 2 aliphatic rings. The third-order valence-electron chi connectivity index (χ3n) is 11.2. The zero-order valence-corrected chi connectivity index (χ0v) is 28.5. The maximum Gasteiger partial charge on any atom is 0.0735 e. The van der Waals surface area contributed by atoms with Gasteiger partial charge >= 0.3 is 0 Å². The van der Waals surface area contributed by atoms with Crippen molar-refractivity contribution in [2.24, 2.45) is 0 Å². The molecule has 0 fully saturated rings. The minimum atomic E-state index is -0.471. The maximum atomic E-state index is 6.69. The van der Waals surface area contributed by atoms with Crippen LogP contribution >= 0.6 is 11.8 Å². The summed E-state index contributed by atoms with van der Waals surface area (Å²) >= 11 is 1.88. The van der Waals surface area contributed by atoms with Gasteiger partial charge in [0.05, 0.1) is 5.41 Å². The Morgan fingerprint density at radius 1 is 0.353 bits per heavy atom. The molecule has 0 unspecified atom stereocenters. The quantitative estimate of drug-likeness (QED) is 0.147. The van der Waals surface area contributed by atoms with Crippen molar-refractivity contribution in [2.75, 3.05) is 5.73 Å². The van der Waals surface area contributed by atoms with Gasteiger partial charge in [0.15, 0.2) is 0 Å². The van der Waals surface area contributed by atoms with Crippen molar-refractivity contribution in [3.05, 3.63) is 198 Å². The van der Waals surface area contributed by atoms with Crippen molar-refractivity contribution in [3.63, 3.8) is 0 Å². The van der Waals surface area contributed by atoms with Crippen LogP contribution in [0.15, 0.2) is 186 Å². The summed E-state index contributed by atoms with van der Waals surface area (Å²) in [5.41, 5.74) is 19.8. The molecular formula is C49H31NS. The van der Waals surface area contributed by atoms with E-state index in [1.54, 1.807) is 0 Å². The number of hydrogen-bond donors (Lipinski definition) is 1. The molecule has 0 radical (unpaired) electrons. The average Bonchev–Trinajstić information content (AvgIpc) is 3.47. The summed E-state index contributed by atoms with van der Waals surface area (Å²) in [6.07, 6.45) is 0. The van der Waals surface area contributed by atoms with E-state index in [4.69, 9.17) is 5.73 Å². The van der Waals surface area contributed by atoms with Gasteiger partial charge in [0, 0.05) is 15.5 Å². The molecule has 51 heavy (non-hydrogen) atoms. The van der Waals surface area contributed by atoms with Gasteiger partial charge in [-0.05, 0) is 112 Å². The van der Waals surface area contributed by atoms with Crippen LogP contribution in [0.1, 0.15) is 22.3 Å². The van der Waals surface area contributed by atoms with Crippen molar-refractivity contribution >= 4 is 49.8 Å². The Labute approximate surface area is 301 Å². The fourth-order valence-corrected chi connectivity index (χ4v) is 10.5. The second kappa shape index (κ2) is 10.7. The van der Waals surface area contributed by atoms with E-state index in [1.807, 2.05) is 11.8 Å². The van der Waals surface area contributed by atoms with Crippen LogP contribution in [0.4, 0.5) is 5.69 Å². The number of nitrogens with two attached hydrogens (primary N) is 1. The molecule has 0 saturated carbocycles. The summed E-state index contributed by atoms with van der Waals surface area (Å²) < 4.78 is 0. The minimum absolute atomic E-state index is 0.471. The van der Waals surface area contributed by atoms with Crippen LogP contribution in [0, 0.1) is 0 Å². The predicted octanol–water partition coefficient (Wildman–Crippen LogP) is 12.9. The van der Waals surface area contributed by atoms with Gasteiger partial charge in [-0.1, -0.05) is 163 Å². The highest BCUT2D eigenvalue weighted by Gasteiger charge is 2.50. The van der Waals surface area contributed by atoms with Gasteiger partial charge < -0.3 is 5.73 Å². The predicted molar refractivity (Wildman–Crippen MR) is 216 cm³/mol. The number of hydrogen-bond acceptors (Lipinski definition) is 2. The van der Waals surface area contributed by atoms with Crippen molar-refractivity contribution < 1.29 is 0 Å². The van der Waals surface area contributed by atoms with E-state index in [-0.39, 0.29) is 0 Å². The molecule has 0 bridgehead atoms. The van der Waals surface area contributed by atoms with Crippen molar-refractivity contribution in [3.8, 4) is 33.4 Å². The zero-order chi connectivity index (χ0) is 33.7. The number of benzene rings is 9. The van der Waals surface area contributed by atoms with Gasteiger partial charge in [-0.3, -0.25) is 0 Å². The molecule has 1 spiro atoms. The van der Waals surface area contributed by atoms with Crippen molar-refractivity contribution in [1.82, 2.24) is 0 Å². The smallest absolute Gasteiger partial charge is 0.0735 e. The minimum Gasteiger partial charge on any atom is -0.399 e. The molecule has 0 aromatic heterocycles. The Morgan fingerprint density at radius 3 is 1.51 bits per heavy atom. The normalized spacial score (nSPS) is 13.6. The summed E-state index contributed by atoms with van der Waals surface area (Å²) in [6, 6.07) is 65.0. The van der Waals surface area contributed by atoms with E-state index in [9.17, 15) is 0 Å². The van der Waals surface area contributed by atoms with E-state index in [0.717, 1.165) is 5.69 Å². The van der Waals surface area contributed by atoms with Crippen LogP contribution in [0.5, 0.6) is 0 Å². The second-order valence-electron chi connectivity index (χ2n) is 13.7. The Hall–Kier alpha value is -6.09. The fraction of sp³-hybridized carbons (Fsp3) is 0.0204. The van der Waals surface area contributed by atoms with Gasteiger partial charge in [-0.2, -0.15) is 0 Å². The number of nitrogen functional groups attached to an aromatic ring is 1. The van der Waals surface area contributed by atoms with Crippen LogP contribution in [-0.4, -0.2) is 0 Å². The van der Waals surface area contributed by atoms with Crippen molar-refractivity contribution in [1.29, 1.82) is 0 Å². The molecule has 2 N–H and O–H groups in total. The summed E-state index contributed by atoms with van der Waals surface area (Å²) in [7, 11) is 0. The molecule has 0 amide bonds. The third-order valence-corrected chi connectivity index (χ3v) is 12.4. The molecule has 238 valence electrons. The second-order valence-corrected chi connectivity index (χ2v) is 14.8. The number of rotatable bonds is 2. The van der Waals surface area contributed by atoms with Crippen LogP contribution in [-0.2, 0) is 5.41 Å². The SMILES string of the molecule is Nc1ccc2c(c1)-c1c(-c3c4ccccc4c(-c4cccc5ccccc45)c4ccccc34)cccc1C21c2ccccc2Sc2ccccc21. The molecule has 1 nitrogen and oxygen atoms in total. The Bertz CT molecular complexity index is 2810. The van der Waals surface area contributed by atoms with Gasteiger partial charge in [0.2, 0.25) is 0 Å². The van der Waals surface area contributed by atoms with E-state index in [2.05, 4.69) is 176 Å². The molecule has 1 heterocycles. The van der Waals surface area contributed by atoms with E-state index in [0.29, 0.717) is 0 Å². The van der Waals surface area contributed by atoms with Gasteiger partial charge in [-0.25, -0.2) is 0 Å². The largest absolute Gasteiger partial charge is 0.399 e. The molecular weight excluding hydrogens is 635 g/mol. The fourth-order valence-electron chi connectivity index (χ4n) is 9.33. The summed E-state index contributed by atoms with van der Waals surface area (Å²) in [6.45, 7) is 0. The zero-order valence-electron chi connectivity index (χ0n) is 27.7. The Balaban J connectivity index is 1.30. The van der Waals surface area contributed by atoms with Crippen LogP contribution in [0.25, 0.3) is 65.7 Å². The van der Waals surface area contributed by atoms with E-state index < -0.39 is 5.41 Å². The summed E-state index contributed by atoms with van der Waals surface area (Å²) in [5, 5.41) is 7.52. The Morgan fingerprint density at radius 2 is 0.843 bits per heavy atom. The molecule has 11 rings (SSSR count). The first-order chi connectivity index (χ1) is 25.2. The topological polar surface area (TPSA) is 26.0 Å². The average molecular weight is 666 g/mol. The lowest BCUT2D eigenvalue weighted by Gasteiger charge is -2.39. The molecule has 9 aromatic rings. The molecule has 2 heteroatoms. The third kappa shape index (κ3) is 3.83. The van der Waals surface area contributed by atoms with Crippen LogP contribution in [0.3, 0.4) is 0 Å². The first-order valence-electron chi connectivity index (χ1n) is 17.6. The highest BCUT2D eigenvalue weighted by atomic mass is 32.2. The lowest BCUT2D eigenvalue weighted by atomic mass is 9.67. The summed E-state index contributed by atoms with van der Waals surface area (Å²) in [4.78, 5) is 2.60. The lowest BCUT2D eigenvalue weighted by Crippen LogP contribution is -2.31. The molecule has 9 aromatic carbocycles.